The molecular formula is C35H70O2. The number of ether oxygens (including phenoxy) is 1. The van der Waals surface area contributed by atoms with Crippen molar-refractivity contribution in [3.05, 3.63) is 12.3 Å². The van der Waals surface area contributed by atoms with Gasteiger partial charge in [-0.15, -0.1) is 0 Å². The summed E-state index contributed by atoms with van der Waals surface area (Å²) in [7, 11) is 0. The molecule has 2 nitrogen and oxygen atoms in total. The van der Waals surface area contributed by atoms with E-state index in [1.807, 2.05) is 0 Å². The van der Waals surface area contributed by atoms with Crippen LogP contribution in [0, 0.1) is 0 Å². The van der Waals surface area contributed by atoms with Crippen LogP contribution in [0.5, 0.6) is 0 Å². The maximum Gasteiger partial charge on any atom is 0.117 e. The highest BCUT2D eigenvalue weighted by atomic mass is 16.5. The first-order chi connectivity index (χ1) is 18.2. The Bertz CT molecular complexity index is 433. The van der Waals surface area contributed by atoms with Crippen LogP contribution in [-0.2, 0) is 4.74 Å². The predicted molar refractivity (Wildman–Crippen MR) is 166 cm³/mol. The molecule has 222 valence electrons. The van der Waals surface area contributed by atoms with Crippen LogP contribution in [0.2, 0.25) is 0 Å². The molecule has 1 N–H and O–H groups in total. The fourth-order valence-corrected chi connectivity index (χ4v) is 5.29. The van der Waals surface area contributed by atoms with Gasteiger partial charge in [-0.05, 0) is 12.8 Å². The summed E-state index contributed by atoms with van der Waals surface area (Å²) in [6.07, 6.45) is 38.6. The Morgan fingerprint density at radius 2 is 0.730 bits per heavy atom. The zero-order valence-electron chi connectivity index (χ0n) is 25.9. The van der Waals surface area contributed by atoms with Gasteiger partial charge in [0, 0.05) is 0 Å². The van der Waals surface area contributed by atoms with Crippen molar-refractivity contribution in [3.63, 3.8) is 0 Å². The molecule has 0 bridgehead atoms. The van der Waals surface area contributed by atoms with Crippen LogP contribution in [0.25, 0.3) is 0 Å². The van der Waals surface area contributed by atoms with Crippen molar-refractivity contribution in [1.82, 2.24) is 0 Å². The summed E-state index contributed by atoms with van der Waals surface area (Å²) in [4.78, 5) is 0. The van der Waals surface area contributed by atoms with E-state index in [4.69, 9.17) is 4.74 Å². The van der Waals surface area contributed by atoms with Gasteiger partial charge in [-0.25, -0.2) is 0 Å². The molecule has 1 atom stereocenters. The van der Waals surface area contributed by atoms with E-state index in [-0.39, 0.29) is 0 Å². The van der Waals surface area contributed by atoms with Crippen molar-refractivity contribution >= 4 is 0 Å². The first-order valence-electron chi connectivity index (χ1n) is 17.2. The van der Waals surface area contributed by atoms with Gasteiger partial charge in [0.1, 0.15) is 11.9 Å². The number of hydrogen-bond donors (Lipinski definition) is 1. The number of unbranched alkanes of at least 4 members (excludes halogenated alkanes) is 26. The molecule has 0 aromatic rings. The molecule has 0 amide bonds. The Labute approximate surface area is 234 Å². The maximum absolute atomic E-state index is 10.3. The minimum absolute atomic E-state index is 0.482. The van der Waals surface area contributed by atoms with Gasteiger partial charge in [-0.1, -0.05) is 194 Å². The molecule has 0 saturated heterocycles. The second-order valence-electron chi connectivity index (χ2n) is 11.8. The quantitative estimate of drug-likeness (QED) is 0.0703. The lowest BCUT2D eigenvalue weighted by atomic mass is 10.0. The monoisotopic (exact) mass is 523 g/mol. The highest BCUT2D eigenvalue weighted by Gasteiger charge is 2.09. The van der Waals surface area contributed by atoms with Crippen LogP contribution < -0.4 is 0 Å². The van der Waals surface area contributed by atoms with Crippen LogP contribution in [0.4, 0.5) is 0 Å². The van der Waals surface area contributed by atoms with Crippen molar-refractivity contribution in [1.29, 1.82) is 0 Å². The van der Waals surface area contributed by atoms with Crippen molar-refractivity contribution in [2.45, 2.75) is 206 Å². The molecule has 0 aliphatic rings. The smallest absolute Gasteiger partial charge is 0.117 e. The molecule has 0 spiro atoms. The fourth-order valence-electron chi connectivity index (χ4n) is 5.29. The molecular weight excluding hydrogens is 452 g/mol. The SMILES string of the molecule is C=C(OCCCCCCCCCCCCCCCCC)C(O)CCCCCCCCCCCCCCC. The largest absolute Gasteiger partial charge is 0.496 e. The normalized spacial score (nSPS) is 12.2. The standard InChI is InChI=1S/C35H70O2/c1-4-6-8-10-12-14-16-18-19-21-23-25-27-29-31-33-37-34(3)35(36)32-30-28-26-24-22-20-17-15-13-11-9-7-5-2/h35-36H,3-33H2,1-2H3. The lowest BCUT2D eigenvalue weighted by molar-refractivity contribution is 0.0937. The minimum atomic E-state index is -0.482. The van der Waals surface area contributed by atoms with E-state index in [1.54, 1.807) is 0 Å². The molecule has 0 aliphatic carbocycles. The summed E-state index contributed by atoms with van der Waals surface area (Å²) < 4.78 is 5.74. The van der Waals surface area contributed by atoms with Gasteiger partial charge in [-0.2, -0.15) is 0 Å². The Hall–Kier alpha value is -0.500. The summed E-state index contributed by atoms with van der Waals surface area (Å²) in [5, 5.41) is 10.3. The average Bonchev–Trinajstić information content (AvgIpc) is 2.90. The lowest BCUT2D eigenvalue weighted by Crippen LogP contribution is -2.12. The van der Waals surface area contributed by atoms with E-state index in [1.165, 1.54) is 167 Å². The van der Waals surface area contributed by atoms with Gasteiger partial charge >= 0.3 is 0 Å². The van der Waals surface area contributed by atoms with E-state index in [9.17, 15) is 5.11 Å². The van der Waals surface area contributed by atoms with Gasteiger partial charge in [-0.3, -0.25) is 0 Å². The van der Waals surface area contributed by atoms with Crippen molar-refractivity contribution in [2.24, 2.45) is 0 Å². The summed E-state index contributed by atoms with van der Waals surface area (Å²) >= 11 is 0. The molecule has 0 fully saturated rings. The third kappa shape index (κ3) is 29.9. The number of rotatable bonds is 32. The molecule has 2 heteroatoms. The average molecular weight is 523 g/mol. The maximum atomic E-state index is 10.3. The first-order valence-corrected chi connectivity index (χ1v) is 17.2. The predicted octanol–water partition coefficient (Wildman–Crippen LogP) is 12.2. The third-order valence-corrected chi connectivity index (χ3v) is 7.99. The van der Waals surface area contributed by atoms with Crippen LogP contribution >= 0.6 is 0 Å². The fraction of sp³-hybridized carbons (Fsp3) is 0.943. The van der Waals surface area contributed by atoms with Gasteiger partial charge in [0.15, 0.2) is 0 Å². The van der Waals surface area contributed by atoms with E-state index in [0.717, 1.165) is 19.3 Å². The van der Waals surface area contributed by atoms with Gasteiger partial charge < -0.3 is 9.84 Å². The number of aliphatic hydroxyl groups excluding tert-OH is 1. The zero-order valence-corrected chi connectivity index (χ0v) is 25.9. The van der Waals surface area contributed by atoms with Crippen LogP contribution in [0.15, 0.2) is 12.3 Å². The molecule has 0 aliphatic heterocycles. The highest BCUT2D eigenvalue weighted by molar-refractivity contribution is 4.91. The summed E-state index contributed by atoms with van der Waals surface area (Å²) in [5.41, 5.74) is 0. The minimum Gasteiger partial charge on any atom is -0.496 e. The van der Waals surface area contributed by atoms with Crippen LogP contribution in [0.1, 0.15) is 200 Å². The Morgan fingerprint density at radius 3 is 1.05 bits per heavy atom. The molecule has 0 heterocycles. The Kier molecular flexibility index (Phi) is 31.3. The summed E-state index contributed by atoms with van der Waals surface area (Å²) in [6, 6.07) is 0. The van der Waals surface area contributed by atoms with Gasteiger partial charge in [0.05, 0.1) is 6.61 Å². The van der Waals surface area contributed by atoms with Crippen molar-refractivity contribution in [2.75, 3.05) is 6.61 Å². The van der Waals surface area contributed by atoms with Crippen LogP contribution in [0.3, 0.4) is 0 Å². The molecule has 0 aromatic carbocycles. The Balaban J connectivity index is 3.27. The highest BCUT2D eigenvalue weighted by Crippen LogP contribution is 2.16. The topological polar surface area (TPSA) is 29.5 Å². The first kappa shape index (κ1) is 36.5. The molecule has 37 heavy (non-hydrogen) atoms. The molecule has 0 aromatic heterocycles. The van der Waals surface area contributed by atoms with E-state index in [0.29, 0.717) is 12.4 Å². The molecule has 1 unspecified atom stereocenters. The molecule has 0 radical (unpaired) electrons. The lowest BCUT2D eigenvalue weighted by Gasteiger charge is -2.15. The van der Waals surface area contributed by atoms with Gasteiger partial charge in [0.25, 0.3) is 0 Å². The van der Waals surface area contributed by atoms with E-state index in [2.05, 4.69) is 20.4 Å². The van der Waals surface area contributed by atoms with E-state index < -0.39 is 6.10 Å². The van der Waals surface area contributed by atoms with Gasteiger partial charge in [0.2, 0.25) is 0 Å². The Morgan fingerprint density at radius 1 is 0.459 bits per heavy atom. The van der Waals surface area contributed by atoms with Crippen molar-refractivity contribution < 1.29 is 9.84 Å². The number of aliphatic hydroxyl groups is 1. The molecule has 0 saturated carbocycles. The molecule has 0 rings (SSSR count). The third-order valence-electron chi connectivity index (χ3n) is 7.99. The van der Waals surface area contributed by atoms with E-state index >= 15 is 0 Å². The van der Waals surface area contributed by atoms with Crippen LogP contribution in [-0.4, -0.2) is 17.8 Å². The van der Waals surface area contributed by atoms with Crippen molar-refractivity contribution in [3.8, 4) is 0 Å². The summed E-state index contributed by atoms with van der Waals surface area (Å²) in [5.74, 6) is 0.587. The second-order valence-corrected chi connectivity index (χ2v) is 11.8. The second kappa shape index (κ2) is 31.7. The number of hydrogen-bond acceptors (Lipinski definition) is 2. The zero-order chi connectivity index (χ0) is 27.1. The summed E-state index contributed by atoms with van der Waals surface area (Å²) in [6.45, 7) is 9.26.